The second-order valence-corrected chi connectivity index (χ2v) is 5.76. The van der Waals surface area contributed by atoms with E-state index in [-0.39, 0.29) is 19.1 Å². The van der Waals surface area contributed by atoms with E-state index in [9.17, 15) is 4.79 Å². The molecule has 0 aliphatic rings. The van der Waals surface area contributed by atoms with Crippen molar-refractivity contribution < 1.29 is 19.7 Å². The number of aryl methyl sites for hydroxylation is 2. The van der Waals surface area contributed by atoms with Gasteiger partial charge in [-0.15, -0.1) is 0 Å². The molecule has 24 heavy (non-hydrogen) atoms. The Morgan fingerprint density at radius 2 is 1.58 bits per heavy atom. The predicted octanol–water partition coefficient (Wildman–Crippen LogP) is 2.06. The summed E-state index contributed by atoms with van der Waals surface area (Å²) in [5, 5.41) is 20.6. The van der Waals surface area contributed by atoms with Crippen LogP contribution in [0.25, 0.3) is 11.1 Å². The Balaban J connectivity index is 2.22. The third kappa shape index (κ3) is 3.93. The van der Waals surface area contributed by atoms with Gasteiger partial charge in [0, 0.05) is 5.56 Å². The fourth-order valence-electron chi connectivity index (χ4n) is 2.67. The number of rotatable bonds is 6. The van der Waals surface area contributed by atoms with Gasteiger partial charge in [0.2, 0.25) is 0 Å². The first-order chi connectivity index (χ1) is 11.5. The molecule has 0 fully saturated rings. The Kier molecular flexibility index (Phi) is 5.95. The molecule has 0 atom stereocenters. The fraction of sp³-hybridized carbons (Fsp3) is 0.316. The van der Waals surface area contributed by atoms with E-state index in [1.54, 1.807) is 19.2 Å². The Labute approximate surface area is 141 Å². The summed E-state index contributed by atoms with van der Waals surface area (Å²) in [6.07, 6.45) is 0. The lowest BCUT2D eigenvalue weighted by Gasteiger charge is -2.14. The normalized spacial score (nSPS) is 10.8. The number of hydrogen-bond acceptors (Lipinski definition) is 4. The van der Waals surface area contributed by atoms with Crippen molar-refractivity contribution in [1.82, 2.24) is 5.32 Å². The summed E-state index contributed by atoms with van der Waals surface area (Å²) < 4.78 is 5.38. The molecule has 2 aromatic rings. The molecular weight excluding hydrogens is 306 g/mol. The fourth-order valence-corrected chi connectivity index (χ4v) is 2.67. The van der Waals surface area contributed by atoms with Crippen LogP contribution in [0.3, 0.4) is 0 Å². The summed E-state index contributed by atoms with van der Waals surface area (Å²) in [6.45, 7) is 3.40. The largest absolute Gasteiger partial charge is 0.496 e. The standard InChI is InChI=1S/C19H23NO4/c1-12-8-16(9-13(2)18(12)24-3)14-4-6-15(7-5-14)19(23)20-17(10-21)11-22/h4-9,17,21-22H,10-11H2,1-3H3,(H,20,23). The van der Waals surface area contributed by atoms with Crippen LogP contribution >= 0.6 is 0 Å². The van der Waals surface area contributed by atoms with Gasteiger partial charge in [0.1, 0.15) is 5.75 Å². The van der Waals surface area contributed by atoms with E-state index in [2.05, 4.69) is 17.4 Å². The molecule has 2 rings (SSSR count). The van der Waals surface area contributed by atoms with Crippen LogP contribution in [0.4, 0.5) is 0 Å². The van der Waals surface area contributed by atoms with Gasteiger partial charge in [-0.25, -0.2) is 0 Å². The van der Waals surface area contributed by atoms with E-state index in [1.165, 1.54) is 0 Å². The van der Waals surface area contributed by atoms with Gasteiger partial charge in [0.25, 0.3) is 5.91 Å². The average molecular weight is 329 g/mol. The molecule has 5 nitrogen and oxygen atoms in total. The number of nitrogens with one attached hydrogen (secondary N) is 1. The molecule has 3 N–H and O–H groups in total. The second-order valence-electron chi connectivity index (χ2n) is 5.76. The lowest BCUT2D eigenvalue weighted by Crippen LogP contribution is -2.40. The summed E-state index contributed by atoms with van der Waals surface area (Å²) in [6, 6.07) is 10.7. The van der Waals surface area contributed by atoms with Crippen LogP contribution in [0.1, 0.15) is 21.5 Å². The molecule has 0 aliphatic heterocycles. The zero-order chi connectivity index (χ0) is 17.7. The molecule has 0 aliphatic carbocycles. The average Bonchev–Trinajstić information content (AvgIpc) is 2.59. The molecule has 0 heterocycles. The summed E-state index contributed by atoms with van der Waals surface area (Å²) in [4.78, 5) is 12.1. The Morgan fingerprint density at radius 3 is 2.04 bits per heavy atom. The third-order valence-corrected chi connectivity index (χ3v) is 3.92. The molecule has 1 amide bonds. The van der Waals surface area contributed by atoms with Crippen molar-refractivity contribution in [3.8, 4) is 16.9 Å². The highest BCUT2D eigenvalue weighted by molar-refractivity contribution is 5.94. The van der Waals surface area contributed by atoms with Gasteiger partial charge in [0.15, 0.2) is 0 Å². The molecule has 5 heteroatoms. The van der Waals surface area contributed by atoms with E-state index in [0.717, 1.165) is 28.0 Å². The van der Waals surface area contributed by atoms with Crippen LogP contribution in [-0.4, -0.2) is 42.5 Å². The smallest absolute Gasteiger partial charge is 0.251 e. The number of aliphatic hydroxyl groups is 2. The lowest BCUT2D eigenvalue weighted by atomic mass is 9.98. The SMILES string of the molecule is COc1c(C)cc(-c2ccc(C(=O)NC(CO)CO)cc2)cc1C. The van der Waals surface area contributed by atoms with Crippen LogP contribution in [0.5, 0.6) is 5.75 Å². The quantitative estimate of drug-likeness (QED) is 0.758. The van der Waals surface area contributed by atoms with Crippen molar-refractivity contribution in [3.05, 3.63) is 53.1 Å². The first kappa shape index (κ1) is 18.0. The zero-order valence-corrected chi connectivity index (χ0v) is 14.2. The molecular formula is C19H23NO4. The molecule has 0 saturated heterocycles. The molecule has 0 saturated carbocycles. The second kappa shape index (κ2) is 7.95. The molecule has 0 aromatic heterocycles. The van der Waals surface area contributed by atoms with Gasteiger partial charge in [-0.3, -0.25) is 4.79 Å². The van der Waals surface area contributed by atoms with E-state index in [4.69, 9.17) is 14.9 Å². The first-order valence-electron chi connectivity index (χ1n) is 7.78. The summed E-state index contributed by atoms with van der Waals surface area (Å²) in [5.41, 5.74) is 4.65. The van der Waals surface area contributed by atoms with Crippen LogP contribution in [0, 0.1) is 13.8 Å². The third-order valence-electron chi connectivity index (χ3n) is 3.92. The number of methoxy groups -OCH3 is 1. The maximum atomic E-state index is 12.1. The highest BCUT2D eigenvalue weighted by atomic mass is 16.5. The summed E-state index contributed by atoms with van der Waals surface area (Å²) in [5.74, 6) is 0.561. The summed E-state index contributed by atoms with van der Waals surface area (Å²) >= 11 is 0. The van der Waals surface area contributed by atoms with Gasteiger partial charge in [-0.2, -0.15) is 0 Å². The lowest BCUT2D eigenvalue weighted by molar-refractivity contribution is 0.0879. The van der Waals surface area contributed by atoms with Gasteiger partial charge >= 0.3 is 0 Å². The van der Waals surface area contributed by atoms with E-state index < -0.39 is 6.04 Å². The molecule has 0 spiro atoms. The van der Waals surface area contributed by atoms with Crippen LogP contribution in [-0.2, 0) is 0 Å². The highest BCUT2D eigenvalue weighted by Crippen LogP contribution is 2.30. The van der Waals surface area contributed by atoms with Gasteiger partial charge < -0.3 is 20.3 Å². The van der Waals surface area contributed by atoms with Crippen LogP contribution in [0.2, 0.25) is 0 Å². The van der Waals surface area contributed by atoms with Crippen molar-refractivity contribution in [1.29, 1.82) is 0 Å². The number of amides is 1. The minimum absolute atomic E-state index is 0.301. The molecule has 0 unspecified atom stereocenters. The van der Waals surface area contributed by atoms with Crippen molar-refractivity contribution in [2.24, 2.45) is 0 Å². The van der Waals surface area contributed by atoms with Crippen molar-refractivity contribution in [2.45, 2.75) is 19.9 Å². The number of carbonyl (C=O) groups is 1. The van der Waals surface area contributed by atoms with Crippen molar-refractivity contribution >= 4 is 5.91 Å². The van der Waals surface area contributed by atoms with E-state index >= 15 is 0 Å². The minimum Gasteiger partial charge on any atom is -0.496 e. The molecule has 0 radical (unpaired) electrons. The predicted molar refractivity (Wildman–Crippen MR) is 93.3 cm³/mol. The Hall–Kier alpha value is -2.37. The zero-order valence-electron chi connectivity index (χ0n) is 14.2. The number of hydrogen-bond donors (Lipinski definition) is 3. The molecule has 128 valence electrons. The summed E-state index contributed by atoms with van der Waals surface area (Å²) in [7, 11) is 1.66. The van der Waals surface area contributed by atoms with Crippen LogP contribution in [0.15, 0.2) is 36.4 Å². The van der Waals surface area contributed by atoms with E-state index in [0.29, 0.717) is 5.56 Å². The highest BCUT2D eigenvalue weighted by Gasteiger charge is 2.12. The Bertz CT molecular complexity index is 683. The maximum Gasteiger partial charge on any atom is 0.251 e. The van der Waals surface area contributed by atoms with Gasteiger partial charge in [0.05, 0.1) is 26.4 Å². The minimum atomic E-state index is -0.649. The molecule has 2 aromatic carbocycles. The number of carbonyl (C=O) groups excluding carboxylic acids is 1. The van der Waals surface area contributed by atoms with Gasteiger partial charge in [-0.05, 0) is 60.4 Å². The van der Waals surface area contributed by atoms with E-state index in [1.807, 2.05) is 26.0 Å². The number of ether oxygens (including phenoxy) is 1. The Morgan fingerprint density at radius 1 is 1.04 bits per heavy atom. The van der Waals surface area contributed by atoms with Crippen LogP contribution < -0.4 is 10.1 Å². The maximum absolute atomic E-state index is 12.1. The monoisotopic (exact) mass is 329 g/mol. The van der Waals surface area contributed by atoms with Gasteiger partial charge in [-0.1, -0.05) is 12.1 Å². The topological polar surface area (TPSA) is 78.8 Å². The number of aliphatic hydroxyl groups excluding tert-OH is 2. The van der Waals surface area contributed by atoms with Crippen molar-refractivity contribution in [2.75, 3.05) is 20.3 Å². The number of benzene rings is 2. The first-order valence-corrected chi connectivity index (χ1v) is 7.78. The van der Waals surface area contributed by atoms with Crippen molar-refractivity contribution in [3.63, 3.8) is 0 Å². The molecule has 0 bridgehead atoms.